The Kier molecular flexibility index (Phi) is 4.05. The molecule has 3 aromatic rings. The molecule has 0 bridgehead atoms. The zero-order valence-corrected chi connectivity index (χ0v) is 13.7. The number of hydrogen-bond acceptors (Lipinski definition) is 6. The standard InChI is InChI=1S/C14H14BrN5S/c1-8(9-3-2-4-10(15)7-9)17-12-11-5-6-21-13(11)19-14(18-12)20-16/h2-8H,16H2,1H3,(H2,17,18,19,20). The summed E-state index contributed by atoms with van der Waals surface area (Å²) in [5.74, 6) is 6.63. The van der Waals surface area contributed by atoms with E-state index in [1.807, 2.05) is 23.6 Å². The van der Waals surface area contributed by atoms with Crippen LogP contribution in [0, 0.1) is 0 Å². The quantitative estimate of drug-likeness (QED) is 0.483. The van der Waals surface area contributed by atoms with Gasteiger partial charge in [0.15, 0.2) is 0 Å². The number of hydrazine groups is 1. The molecule has 108 valence electrons. The SMILES string of the molecule is CC(Nc1nc(NN)nc2sccc12)c1cccc(Br)c1. The van der Waals surface area contributed by atoms with Crippen LogP contribution in [0.4, 0.5) is 11.8 Å². The molecule has 0 fully saturated rings. The van der Waals surface area contributed by atoms with E-state index in [-0.39, 0.29) is 6.04 Å². The number of thiophene rings is 1. The van der Waals surface area contributed by atoms with Gasteiger partial charge < -0.3 is 5.32 Å². The van der Waals surface area contributed by atoms with Gasteiger partial charge >= 0.3 is 0 Å². The lowest BCUT2D eigenvalue weighted by Gasteiger charge is -2.16. The molecule has 2 aromatic heterocycles. The van der Waals surface area contributed by atoms with Crippen LogP contribution in [0.3, 0.4) is 0 Å². The molecule has 0 spiro atoms. The van der Waals surface area contributed by atoms with Gasteiger partial charge in [-0.05, 0) is 36.1 Å². The molecule has 1 atom stereocenters. The summed E-state index contributed by atoms with van der Waals surface area (Å²) in [4.78, 5) is 9.65. The fourth-order valence-electron chi connectivity index (χ4n) is 2.09. The van der Waals surface area contributed by atoms with Crippen molar-refractivity contribution in [2.24, 2.45) is 5.84 Å². The third-order valence-corrected chi connectivity index (χ3v) is 4.46. The molecule has 0 aliphatic carbocycles. The Morgan fingerprint density at radius 1 is 1.29 bits per heavy atom. The topological polar surface area (TPSA) is 75.9 Å². The van der Waals surface area contributed by atoms with Gasteiger partial charge in [0, 0.05) is 4.47 Å². The van der Waals surface area contributed by atoms with Crippen LogP contribution >= 0.6 is 27.3 Å². The number of nitrogens with two attached hydrogens (primary N) is 1. The van der Waals surface area contributed by atoms with Crippen LogP contribution in [0.2, 0.25) is 0 Å². The van der Waals surface area contributed by atoms with E-state index in [1.54, 1.807) is 11.3 Å². The molecule has 2 heterocycles. The molecule has 0 aliphatic rings. The van der Waals surface area contributed by atoms with Gasteiger partial charge in [-0.25, -0.2) is 10.8 Å². The van der Waals surface area contributed by atoms with E-state index in [0.29, 0.717) is 5.95 Å². The highest BCUT2D eigenvalue weighted by Gasteiger charge is 2.12. The largest absolute Gasteiger partial charge is 0.363 e. The predicted octanol–water partition coefficient (Wildman–Crippen LogP) is 3.91. The van der Waals surface area contributed by atoms with Gasteiger partial charge in [0.05, 0.1) is 11.4 Å². The first-order chi connectivity index (χ1) is 10.2. The van der Waals surface area contributed by atoms with Gasteiger partial charge in [-0.15, -0.1) is 11.3 Å². The number of nitrogens with one attached hydrogen (secondary N) is 2. The number of rotatable bonds is 4. The van der Waals surface area contributed by atoms with E-state index in [2.05, 4.69) is 55.7 Å². The maximum Gasteiger partial charge on any atom is 0.240 e. The number of nitrogen functional groups attached to an aromatic ring is 1. The third kappa shape index (κ3) is 2.99. The van der Waals surface area contributed by atoms with Crippen molar-refractivity contribution in [2.75, 3.05) is 10.7 Å². The minimum absolute atomic E-state index is 0.117. The molecule has 1 aromatic carbocycles. The van der Waals surface area contributed by atoms with E-state index in [1.165, 1.54) is 5.56 Å². The predicted molar refractivity (Wildman–Crippen MR) is 91.4 cm³/mol. The average Bonchev–Trinajstić information content (AvgIpc) is 2.95. The summed E-state index contributed by atoms with van der Waals surface area (Å²) in [7, 11) is 0. The van der Waals surface area contributed by atoms with Crippen LogP contribution < -0.4 is 16.6 Å². The lowest BCUT2D eigenvalue weighted by molar-refractivity contribution is 0.875. The van der Waals surface area contributed by atoms with Gasteiger partial charge in [0.1, 0.15) is 10.6 Å². The van der Waals surface area contributed by atoms with E-state index < -0.39 is 0 Å². The van der Waals surface area contributed by atoms with Gasteiger partial charge in [-0.2, -0.15) is 4.98 Å². The first-order valence-electron chi connectivity index (χ1n) is 6.41. The van der Waals surface area contributed by atoms with Crippen molar-refractivity contribution in [1.29, 1.82) is 0 Å². The van der Waals surface area contributed by atoms with Crippen LogP contribution in [0.1, 0.15) is 18.5 Å². The van der Waals surface area contributed by atoms with Crippen LogP contribution in [0.5, 0.6) is 0 Å². The Hall–Kier alpha value is -1.70. The number of halogens is 1. The van der Waals surface area contributed by atoms with Crippen molar-refractivity contribution < 1.29 is 0 Å². The summed E-state index contributed by atoms with van der Waals surface area (Å²) in [6.07, 6.45) is 0. The summed E-state index contributed by atoms with van der Waals surface area (Å²) in [6.45, 7) is 2.09. The minimum atomic E-state index is 0.117. The summed E-state index contributed by atoms with van der Waals surface area (Å²) in [5, 5.41) is 6.42. The molecule has 0 saturated heterocycles. The maximum atomic E-state index is 5.44. The summed E-state index contributed by atoms with van der Waals surface area (Å²) in [5.41, 5.74) is 3.68. The van der Waals surface area contributed by atoms with Crippen LogP contribution in [-0.4, -0.2) is 9.97 Å². The van der Waals surface area contributed by atoms with Crippen LogP contribution in [0.15, 0.2) is 40.2 Å². The number of hydrogen-bond donors (Lipinski definition) is 3. The van der Waals surface area contributed by atoms with Crippen molar-refractivity contribution >= 4 is 49.2 Å². The average molecular weight is 364 g/mol. The fourth-order valence-corrected chi connectivity index (χ4v) is 3.28. The molecular weight excluding hydrogens is 350 g/mol. The Morgan fingerprint density at radius 3 is 2.90 bits per heavy atom. The maximum absolute atomic E-state index is 5.44. The molecule has 1 unspecified atom stereocenters. The first kappa shape index (κ1) is 14.2. The molecule has 0 aliphatic heterocycles. The Bertz CT molecular complexity index is 773. The molecule has 21 heavy (non-hydrogen) atoms. The smallest absolute Gasteiger partial charge is 0.240 e. The summed E-state index contributed by atoms with van der Waals surface area (Å²) in [6, 6.07) is 10.3. The molecule has 3 rings (SSSR count). The number of fused-ring (bicyclic) bond motifs is 1. The van der Waals surface area contributed by atoms with Gasteiger partial charge in [-0.3, -0.25) is 5.43 Å². The fraction of sp³-hybridized carbons (Fsp3) is 0.143. The highest BCUT2D eigenvalue weighted by molar-refractivity contribution is 9.10. The molecule has 0 radical (unpaired) electrons. The van der Waals surface area contributed by atoms with Crippen molar-refractivity contribution in [1.82, 2.24) is 9.97 Å². The summed E-state index contributed by atoms with van der Waals surface area (Å²) < 4.78 is 1.06. The van der Waals surface area contributed by atoms with Crippen molar-refractivity contribution in [2.45, 2.75) is 13.0 Å². The number of anilines is 2. The Morgan fingerprint density at radius 2 is 2.14 bits per heavy atom. The zero-order chi connectivity index (χ0) is 14.8. The van der Waals surface area contributed by atoms with E-state index in [4.69, 9.17) is 5.84 Å². The second-order valence-corrected chi connectivity index (χ2v) is 6.41. The molecule has 0 amide bonds. The number of benzene rings is 1. The zero-order valence-electron chi connectivity index (χ0n) is 11.3. The molecule has 5 nitrogen and oxygen atoms in total. The van der Waals surface area contributed by atoms with Crippen molar-refractivity contribution in [3.63, 3.8) is 0 Å². The number of aromatic nitrogens is 2. The second kappa shape index (κ2) is 5.97. The normalized spacial score (nSPS) is 12.3. The second-order valence-electron chi connectivity index (χ2n) is 4.60. The van der Waals surface area contributed by atoms with Gasteiger partial charge in [-0.1, -0.05) is 28.1 Å². The molecule has 7 heteroatoms. The molecular formula is C14H14BrN5S. The summed E-state index contributed by atoms with van der Waals surface area (Å²) >= 11 is 5.06. The molecule has 0 saturated carbocycles. The highest BCUT2D eigenvalue weighted by atomic mass is 79.9. The molecule has 4 N–H and O–H groups in total. The highest BCUT2D eigenvalue weighted by Crippen LogP contribution is 2.29. The van der Waals surface area contributed by atoms with Crippen LogP contribution in [-0.2, 0) is 0 Å². The van der Waals surface area contributed by atoms with E-state index in [9.17, 15) is 0 Å². The van der Waals surface area contributed by atoms with E-state index >= 15 is 0 Å². The Balaban J connectivity index is 1.95. The van der Waals surface area contributed by atoms with Gasteiger partial charge in [0.25, 0.3) is 0 Å². The van der Waals surface area contributed by atoms with Gasteiger partial charge in [0.2, 0.25) is 5.95 Å². The number of nitrogens with zero attached hydrogens (tertiary/aromatic N) is 2. The first-order valence-corrected chi connectivity index (χ1v) is 8.08. The third-order valence-electron chi connectivity index (χ3n) is 3.16. The van der Waals surface area contributed by atoms with E-state index in [0.717, 1.165) is 20.5 Å². The monoisotopic (exact) mass is 363 g/mol. The lowest BCUT2D eigenvalue weighted by Crippen LogP contribution is -2.13. The van der Waals surface area contributed by atoms with Crippen molar-refractivity contribution in [3.8, 4) is 0 Å². The minimum Gasteiger partial charge on any atom is -0.363 e. The lowest BCUT2D eigenvalue weighted by atomic mass is 10.1. The van der Waals surface area contributed by atoms with Crippen LogP contribution in [0.25, 0.3) is 10.2 Å². The van der Waals surface area contributed by atoms with Crippen molar-refractivity contribution in [3.05, 3.63) is 45.7 Å². The Labute approximate surface area is 134 Å².